The summed E-state index contributed by atoms with van der Waals surface area (Å²) >= 11 is 0. The second kappa shape index (κ2) is 8.31. The third-order valence-electron chi connectivity index (χ3n) is 4.05. The van der Waals surface area contributed by atoms with E-state index in [2.05, 4.69) is 15.8 Å². The first-order valence-corrected chi connectivity index (χ1v) is 8.21. The predicted octanol–water partition coefficient (Wildman–Crippen LogP) is 4.77. The van der Waals surface area contributed by atoms with Gasteiger partial charge in [0.15, 0.2) is 17.5 Å². The van der Waals surface area contributed by atoms with Gasteiger partial charge >= 0.3 is 0 Å². The molecule has 0 aliphatic carbocycles. The Morgan fingerprint density at radius 1 is 0.923 bits per heavy atom. The highest BCUT2D eigenvalue weighted by atomic mass is 19.2. The van der Waals surface area contributed by atoms with Crippen LogP contribution in [0.2, 0.25) is 0 Å². The van der Waals surface area contributed by atoms with Gasteiger partial charge in [-0.1, -0.05) is 25.1 Å². The van der Waals surface area contributed by atoms with E-state index in [1.165, 1.54) is 6.92 Å². The lowest BCUT2D eigenvalue weighted by Crippen LogP contribution is -2.36. The van der Waals surface area contributed by atoms with E-state index in [4.69, 9.17) is 0 Å². The zero-order chi connectivity index (χ0) is 19.4. The molecule has 0 radical (unpaired) electrons. The van der Waals surface area contributed by atoms with E-state index >= 15 is 0 Å². The molecule has 0 amide bonds. The number of aliphatic imine (C=N–C) groups is 1. The molecule has 0 aromatic heterocycles. The number of aryl methyl sites for hydroxylation is 2. The third kappa shape index (κ3) is 4.04. The van der Waals surface area contributed by atoms with Gasteiger partial charge in [-0.25, -0.2) is 28.0 Å². The predicted molar refractivity (Wildman–Crippen MR) is 94.3 cm³/mol. The van der Waals surface area contributed by atoms with Gasteiger partial charge in [0.25, 0.3) is 0 Å². The van der Waals surface area contributed by atoms with Gasteiger partial charge in [0.1, 0.15) is 11.7 Å². The fourth-order valence-corrected chi connectivity index (χ4v) is 2.64. The Bertz CT molecular complexity index is 827. The van der Waals surface area contributed by atoms with Crippen molar-refractivity contribution in [3.05, 3.63) is 63.7 Å². The van der Waals surface area contributed by atoms with Crippen molar-refractivity contribution in [1.29, 1.82) is 0 Å². The molecule has 2 aromatic rings. The Labute approximate surface area is 150 Å². The summed E-state index contributed by atoms with van der Waals surface area (Å²) in [6.45, 7) is 6.61. The van der Waals surface area contributed by atoms with Crippen LogP contribution in [0.4, 0.5) is 23.2 Å². The number of hydrogen-bond acceptors (Lipinski definition) is 2. The molecule has 2 N–H and O–H groups in total. The number of benzene rings is 2. The van der Waals surface area contributed by atoms with Crippen LogP contribution in [0.15, 0.2) is 23.2 Å². The lowest BCUT2D eigenvalue weighted by Gasteiger charge is -2.13. The fourth-order valence-electron chi connectivity index (χ4n) is 2.64. The molecule has 26 heavy (non-hydrogen) atoms. The van der Waals surface area contributed by atoms with Crippen LogP contribution in [-0.4, -0.2) is 5.84 Å². The minimum Gasteiger partial charge on any atom is -0.309 e. The van der Waals surface area contributed by atoms with Gasteiger partial charge in [-0.05, 0) is 38.3 Å². The van der Waals surface area contributed by atoms with Crippen LogP contribution in [0.25, 0.3) is 0 Å². The number of amidine groups is 1. The number of nitrogens with zero attached hydrogens (tertiary/aromatic N) is 1. The van der Waals surface area contributed by atoms with Crippen LogP contribution in [-0.2, 0) is 13.0 Å². The summed E-state index contributed by atoms with van der Waals surface area (Å²) in [5.74, 6) is -5.30. The van der Waals surface area contributed by atoms with Gasteiger partial charge in [0, 0.05) is 17.7 Å². The van der Waals surface area contributed by atoms with E-state index in [0.29, 0.717) is 5.84 Å². The Kier molecular flexibility index (Phi) is 6.37. The van der Waals surface area contributed by atoms with Crippen LogP contribution in [0.3, 0.4) is 0 Å². The van der Waals surface area contributed by atoms with Crippen molar-refractivity contribution in [1.82, 2.24) is 10.9 Å². The molecule has 0 bridgehead atoms. The molecule has 2 rings (SSSR count). The lowest BCUT2D eigenvalue weighted by atomic mass is 10.1. The zero-order valence-electron chi connectivity index (χ0n) is 15.1. The quantitative estimate of drug-likeness (QED) is 0.200. The molecule has 0 spiro atoms. The fraction of sp³-hybridized carbons (Fsp3) is 0.316. The first-order chi connectivity index (χ1) is 12.3. The van der Waals surface area contributed by atoms with E-state index in [-0.39, 0.29) is 13.0 Å². The molecule has 140 valence electrons. The number of hydrazine groups is 1. The molecule has 0 unspecified atom stereocenters. The second-order valence-electron chi connectivity index (χ2n) is 5.98. The summed E-state index contributed by atoms with van der Waals surface area (Å²) in [4.78, 5) is 4.42. The van der Waals surface area contributed by atoms with Crippen molar-refractivity contribution in [3.63, 3.8) is 0 Å². The molecule has 2 aromatic carbocycles. The molecule has 7 heteroatoms. The maximum Gasteiger partial charge on any atom is 0.195 e. The van der Waals surface area contributed by atoms with Crippen molar-refractivity contribution in [2.24, 2.45) is 4.99 Å². The molecule has 3 nitrogen and oxygen atoms in total. The number of para-hydroxylation sites is 1. The zero-order valence-corrected chi connectivity index (χ0v) is 15.1. The van der Waals surface area contributed by atoms with Crippen molar-refractivity contribution in [2.45, 2.75) is 40.7 Å². The minimum absolute atomic E-state index is 0.0810. The SMILES string of the molecule is CCc1c(F)c(F)c(F)c(CNNC(C)=Nc2c(C)cccc2C)c1F. The standard InChI is InChI=1S/C19H21F4N3/c1-5-13-15(20)14(17(22)18(23)16(13)21)9-24-26-12(4)25-19-10(2)7-6-8-11(19)3/h6-8,24H,5,9H2,1-4H3,(H,25,26). The Balaban J connectivity index is 2.15. The van der Waals surface area contributed by atoms with Crippen LogP contribution in [0.5, 0.6) is 0 Å². The highest BCUT2D eigenvalue weighted by molar-refractivity contribution is 5.82. The maximum absolute atomic E-state index is 14.2. The van der Waals surface area contributed by atoms with Crippen LogP contribution >= 0.6 is 0 Å². The first-order valence-electron chi connectivity index (χ1n) is 8.21. The number of rotatable bonds is 5. The van der Waals surface area contributed by atoms with E-state index in [9.17, 15) is 17.6 Å². The average Bonchev–Trinajstić information content (AvgIpc) is 2.60. The smallest absolute Gasteiger partial charge is 0.195 e. The van der Waals surface area contributed by atoms with Crippen molar-refractivity contribution >= 4 is 11.5 Å². The van der Waals surface area contributed by atoms with Gasteiger partial charge < -0.3 is 5.43 Å². The van der Waals surface area contributed by atoms with Gasteiger partial charge in [-0.15, -0.1) is 0 Å². The molecule has 0 aliphatic heterocycles. The maximum atomic E-state index is 14.2. The molecular weight excluding hydrogens is 346 g/mol. The third-order valence-corrected chi connectivity index (χ3v) is 4.05. The van der Waals surface area contributed by atoms with Crippen molar-refractivity contribution in [3.8, 4) is 0 Å². The summed E-state index contributed by atoms with van der Waals surface area (Å²) in [6, 6.07) is 5.76. The molecule has 0 fully saturated rings. The Morgan fingerprint density at radius 3 is 2.08 bits per heavy atom. The lowest BCUT2D eigenvalue weighted by molar-refractivity contribution is 0.410. The van der Waals surface area contributed by atoms with E-state index in [1.54, 1.807) is 6.92 Å². The van der Waals surface area contributed by atoms with E-state index in [1.807, 2.05) is 32.0 Å². The monoisotopic (exact) mass is 367 g/mol. The van der Waals surface area contributed by atoms with E-state index < -0.39 is 34.4 Å². The summed E-state index contributed by atoms with van der Waals surface area (Å²) in [5.41, 5.74) is 7.02. The number of hydrogen-bond donors (Lipinski definition) is 2. The topological polar surface area (TPSA) is 36.4 Å². The second-order valence-corrected chi connectivity index (χ2v) is 5.98. The molecule has 0 atom stereocenters. The number of nitrogens with one attached hydrogen (secondary N) is 2. The van der Waals surface area contributed by atoms with Gasteiger partial charge in [0.2, 0.25) is 0 Å². The summed E-state index contributed by atoms with van der Waals surface area (Å²) in [7, 11) is 0. The van der Waals surface area contributed by atoms with Crippen molar-refractivity contribution in [2.75, 3.05) is 0 Å². The van der Waals surface area contributed by atoms with Crippen molar-refractivity contribution < 1.29 is 17.6 Å². The van der Waals surface area contributed by atoms with Crippen LogP contribution in [0.1, 0.15) is 36.1 Å². The Morgan fingerprint density at radius 2 is 1.50 bits per heavy atom. The normalized spacial score (nSPS) is 11.8. The molecule has 0 saturated carbocycles. The molecular formula is C19H21F4N3. The first kappa shape index (κ1) is 19.9. The molecule has 0 saturated heterocycles. The minimum atomic E-state index is -1.67. The van der Waals surface area contributed by atoms with Crippen LogP contribution in [0, 0.1) is 37.1 Å². The highest BCUT2D eigenvalue weighted by Crippen LogP contribution is 2.25. The van der Waals surface area contributed by atoms with E-state index in [0.717, 1.165) is 16.8 Å². The highest BCUT2D eigenvalue weighted by Gasteiger charge is 2.23. The summed E-state index contributed by atoms with van der Waals surface area (Å²) < 4.78 is 55.2. The average molecular weight is 367 g/mol. The number of halogens is 4. The summed E-state index contributed by atoms with van der Waals surface area (Å²) in [5, 5.41) is 0. The summed E-state index contributed by atoms with van der Waals surface area (Å²) in [6.07, 6.45) is -0.0810. The Hall–Kier alpha value is -2.41. The van der Waals surface area contributed by atoms with Gasteiger partial charge in [-0.3, -0.25) is 0 Å². The largest absolute Gasteiger partial charge is 0.309 e. The molecule has 0 heterocycles. The van der Waals surface area contributed by atoms with Crippen LogP contribution < -0.4 is 10.9 Å². The molecule has 0 aliphatic rings. The van der Waals surface area contributed by atoms with Gasteiger partial charge in [0.05, 0.1) is 5.69 Å². The van der Waals surface area contributed by atoms with Gasteiger partial charge in [-0.2, -0.15) is 0 Å².